The summed E-state index contributed by atoms with van der Waals surface area (Å²) in [5.41, 5.74) is 7.90. The Balaban J connectivity index is 2.10. The van der Waals surface area contributed by atoms with Crippen LogP contribution in [0.25, 0.3) is 0 Å². The van der Waals surface area contributed by atoms with Crippen LogP contribution in [-0.4, -0.2) is 9.78 Å². The summed E-state index contributed by atoms with van der Waals surface area (Å²) >= 11 is 1.66. The van der Waals surface area contributed by atoms with Crippen LogP contribution in [-0.2, 0) is 19.2 Å². The lowest BCUT2D eigenvalue weighted by molar-refractivity contribution is 0.530. The van der Waals surface area contributed by atoms with Crippen LogP contribution in [0.3, 0.4) is 0 Å². The zero-order valence-electron chi connectivity index (χ0n) is 10.1. The molecular weight excluding hydrogens is 234 g/mol. The highest BCUT2D eigenvalue weighted by molar-refractivity contribution is 7.98. The summed E-state index contributed by atoms with van der Waals surface area (Å²) < 4.78 is 7.15. The Kier molecular flexibility index (Phi) is 3.78. The normalized spacial score (nSPS) is 10.9. The van der Waals surface area contributed by atoms with Crippen LogP contribution in [0.1, 0.15) is 24.8 Å². The van der Waals surface area contributed by atoms with Crippen molar-refractivity contribution in [3.8, 4) is 0 Å². The van der Waals surface area contributed by atoms with Gasteiger partial charge in [-0.1, -0.05) is 25.1 Å². The predicted molar refractivity (Wildman–Crippen MR) is 69.9 cm³/mol. The van der Waals surface area contributed by atoms with E-state index in [9.17, 15) is 0 Å². The van der Waals surface area contributed by atoms with Gasteiger partial charge < -0.3 is 10.2 Å². The number of aromatic nitrogens is 2. The Bertz CT molecular complexity index is 476. The van der Waals surface area contributed by atoms with Crippen molar-refractivity contribution in [1.82, 2.24) is 9.78 Å². The summed E-state index contributed by atoms with van der Waals surface area (Å²) in [4.78, 5) is 0. The zero-order chi connectivity index (χ0) is 12.3. The molecule has 0 aliphatic carbocycles. The topological polar surface area (TPSA) is 57.0 Å². The molecule has 2 rings (SSSR count). The number of nitrogens with two attached hydrogens (primary N) is 1. The van der Waals surface area contributed by atoms with Gasteiger partial charge in [0.15, 0.2) is 0 Å². The smallest absolute Gasteiger partial charge is 0.117 e. The van der Waals surface area contributed by atoms with Crippen LogP contribution in [0, 0.1) is 0 Å². The van der Waals surface area contributed by atoms with E-state index in [2.05, 4.69) is 12.0 Å². The van der Waals surface area contributed by atoms with Crippen LogP contribution in [0.2, 0.25) is 0 Å². The first-order valence-electron chi connectivity index (χ1n) is 5.69. The molecule has 0 bridgehead atoms. The van der Waals surface area contributed by atoms with Gasteiger partial charge in [-0.2, -0.15) is 5.10 Å². The summed E-state index contributed by atoms with van der Waals surface area (Å²) in [7, 11) is 1.93. The number of aryl methyl sites for hydroxylation is 2. The highest BCUT2D eigenvalue weighted by atomic mass is 32.2. The fraction of sp³-hybridized carbons (Fsp3) is 0.417. The van der Waals surface area contributed by atoms with Gasteiger partial charge in [0.1, 0.15) is 10.8 Å². The van der Waals surface area contributed by atoms with E-state index >= 15 is 0 Å². The Labute approximate surface area is 105 Å². The second-order valence-electron chi connectivity index (χ2n) is 3.91. The molecule has 2 aromatic rings. The van der Waals surface area contributed by atoms with Crippen molar-refractivity contribution in [2.75, 3.05) is 5.73 Å². The average Bonchev–Trinajstić information content (AvgIpc) is 2.88. The van der Waals surface area contributed by atoms with Gasteiger partial charge in [0.2, 0.25) is 0 Å². The van der Waals surface area contributed by atoms with Gasteiger partial charge in [0.05, 0.1) is 23.4 Å². The second-order valence-corrected chi connectivity index (χ2v) is 4.87. The van der Waals surface area contributed by atoms with E-state index in [0.29, 0.717) is 0 Å². The Morgan fingerprint density at radius 2 is 2.35 bits per heavy atom. The van der Waals surface area contributed by atoms with Crippen LogP contribution in [0.5, 0.6) is 0 Å². The third-order valence-electron chi connectivity index (χ3n) is 2.52. The molecule has 0 saturated carbocycles. The van der Waals surface area contributed by atoms with Gasteiger partial charge in [-0.3, -0.25) is 4.68 Å². The van der Waals surface area contributed by atoms with Gasteiger partial charge in [-0.05, 0) is 18.6 Å². The number of hydrogen-bond acceptors (Lipinski definition) is 4. The van der Waals surface area contributed by atoms with E-state index in [1.807, 2.05) is 23.9 Å². The van der Waals surface area contributed by atoms with Gasteiger partial charge in [-0.15, -0.1) is 0 Å². The summed E-state index contributed by atoms with van der Waals surface area (Å²) in [6.45, 7) is 2.13. The molecule has 17 heavy (non-hydrogen) atoms. The Morgan fingerprint density at radius 1 is 1.53 bits per heavy atom. The molecule has 0 spiro atoms. The second kappa shape index (κ2) is 5.31. The quantitative estimate of drug-likeness (QED) is 0.830. The number of thioether (sulfide) groups is 1. The number of nitrogens with zero attached hydrogens (tertiary/aromatic N) is 2. The Hall–Kier alpha value is -1.36. The lowest BCUT2D eigenvalue weighted by atomic mass is 10.2. The minimum absolute atomic E-state index is 0.780. The third kappa shape index (κ3) is 2.66. The van der Waals surface area contributed by atoms with Crippen molar-refractivity contribution >= 4 is 17.4 Å². The molecule has 0 aliphatic rings. The first-order valence-corrected chi connectivity index (χ1v) is 6.67. The maximum Gasteiger partial charge on any atom is 0.117 e. The molecule has 2 N–H and O–H groups in total. The first-order chi connectivity index (χ1) is 8.22. The molecular formula is C12H17N3OS. The van der Waals surface area contributed by atoms with Crippen molar-refractivity contribution in [3.05, 3.63) is 29.9 Å². The lowest BCUT2D eigenvalue weighted by Gasteiger charge is -2.01. The first kappa shape index (κ1) is 12.1. The fourth-order valence-corrected chi connectivity index (χ4v) is 2.65. The number of nitrogen functional groups attached to an aromatic ring is 1. The van der Waals surface area contributed by atoms with Crippen LogP contribution >= 0.6 is 11.8 Å². The average molecular weight is 251 g/mol. The number of furan rings is 1. The summed E-state index contributed by atoms with van der Waals surface area (Å²) in [6, 6.07) is 3.86. The minimum Gasteiger partial charge on any atom is -0.468 e. The van der Waals surface area contributed by atoms with E-state index in [1.165, 1.54) is 0 Å². The van der Waals surface area contributed by atoms with Gasteiger partial charge >= 0.3 is 0 Å². The van der Waals surface area contributed by atoms with Crippen molar-refractivity contribution < 1.29 is 4.42 Å². The molecule has 2 aromatic heterocycles. The molecule has 4 nitrogen and oxygen atoms in total. The van der Waals surface area contributed by atoms with Gasteiger partial charge in [0, 0.05) is 7.05 Å². The van der Waals surface area contributed by atoms with Crippen molar-refractivity contribution in [1.29, 1.82) is 0 Å². The van der Waals surface area contributed by atoms with Crippen molar-refractivity contribution in [2.45, 2.75) is 30.5 Å². The molecule has 0 unspecified atom stereocenters. The van der Waals surface area contributed by atoms with E-state index in [-0.39, 0.29) is 0 Å². The van der Waals surface area contributed by atoms with Crippen molar-refractivity contribution in [2.24, 2.45) is 7.05 Å². The van der Waals surface area contributed by atoms with E-state index < -0.39 is 0 Å². The van der Waals surface area contributed by atoms with Crippen LogP contribution in [0.4, 0.5) is 5.69 Å². The molecule has 0 amide bonds. The summed E-state index contributed by atoms with van der Waals surface area (Å²) in [6.07, 6.45) is 3.68. The molecule has 5 heteroatoms. The van der Waals surface area contributed by atoms with Crippen LogP contribution in [0.15, 0.2) is 27.8 Å². The number of hydrogen-bond donors (Lipinski definition) is 1. The maximum atomic E-state index is 6.09. The van der Waals surface area contributed by atoms with Crippen LogP contribution < -0.4 is 5.73 Å². The molecule has 2 heterocycles. The van der Waals surface area contributed by atoms with E-state index in [1.54, 1.807) is 18.0 Å². The molecule has 0 atom stereocenters. The molecule has 0 aromatic carbocycles. The lowest BCUT2D eigenvalue weighted by Crippen LogP contribution is -1.94. The van der Waals surface area contributed by atoms with Gasteiger partial charge in [0.25, 0.3) is 0 Å². The molecule has 0 radical (unpaired) electrons. The Morgan fingerprint density at radius 3 is 3.00 bits per heavy atom. The molecule has 0 fully saturated rings. The van der Waals surface area contributed by atoms with E-state index in [4.69, 9.17) is 10.2 Å². The SMILES string of the molecule is CCCc1nn(C)c(SCc2ccco2)c1N. The fourth-order valence-electron chi connectivity index (χ4n) is 1.70. The third-order valence-corrected chi connectivity index (χ3v) is 3.71. The largest absolute Gasteiger partial charge is 0.468 e. The molecule has 0 aliphatic heterocycles. The highest BCUT2D eigenvalue weighted by Gasteiger charge is 2.13. The highest BCUT2D eigenvalue weighted by Crippen LogP contribution is 2.30. The number of anilines is 1. The monoisotopic (exact) mass is 251 g/mol. The minimum atomic E-state index is 0.780. The standard InChI is InChI=1S/C12H17N3OS/c1-3-5-10-11(13)12(15(2)14-10)17-8-9-6-4-7-16-9/h4,6-7H,3,5,8,13H2,1-2H3. The number of rotatable bonds is 5. The summed E-state index contributed by atoms with van der Waals surface area (Å²) in [5, 5.41) is 5.46. The predicted octanol–water partition coefficient (Wildman–Crippen LogP) is 2.84. The molecule has 0 saturated heterocycles. The zero-order valence-corrected chi connectivity index (χ0v) is 11.0. The maximum absolute atomic E-state index is 6.09. The molecule has 92 valence electrons. The summed E-state index contributed by atoms with van der Waals surface area (Å²) in [5.74, 6) is 1.73. The van der Waals surface area contributed by atoms with Gasteiger partial charge in [-0.25, -0.2) is 0 Å². The van der Waals surface area contributed by atoms with E-state index in [0.717, 1.165) is 40.8 Å². The van der Waals surface area contributed by atoms with Crippen molar-refractivity contribution in [3.63, 3.8) is 0 Å².